The van der Waals surface area contributed by atoms with E-state index in [1.807, 2.05) is 0 Å². The van der Waals surface area contributed by atoms with Crippen molar-refractivity contribution in [3.63, 3.8) is 0 Å². The largest absolute Gasteiger partial charge is 0.566 e. The Bertz CT molecular complexity index is 539. The zero-order valence-corrected chi connectivity index (χ0v) is 20.8. The standard InChI is InChI=1S/C23H42O3SSi/c1-7-9-14-24-28(17-11-16-27,25-15-10-8-2)26-23-13-12-21(19(3)4)18-22(23)20(5)6/h12-13,18-20,27H,7-11,14-17H2,1-6H3. The van der Waals surface area contributed by atoms with Gasteiger partial charge in [0.1, 0.15) is 5.75 Å². The van der Waals surface area contributed by atoms with E-state index < -0.39 is 8.80 Å². The molecule has 162 valence electrons. The van der Waals surface area contributed by atoms with Crippen molar-refractivity contribution in [2.24, 2.45) is 0 Å². The van der Waals surface area contributed by atoms with Gasteiger partial charge >= 0.3 is 8.80 Å². The van der Waals surface area contributed by atoms with E-state index in [1.165, 1.54) is 11.1 Å². The maximum Gasteiger partial charge on any atom is 0.566 e. The first-order valence-corrected chi connectivity index (χ1v) is 13.7. The van der Waals surface area contributed by atoms with Gasteiger partial charge in [-0.1, -0.05) is 66.5 Å². The summed E-state index contributed by atoms with van der Waals surface area (Å²) in [5.74, 6) is 2.63. The third-order valence-corrected chi connectivity index (χ3v) is 7.97. The van der Waals surface area contributed by atoms with Gasteiger partial charge in [0.2, 0.25) is 0 Å². The summed E-state index contributed by atoms with van der Waals surface area (Å²) in [5.41, 5.74) is 2.59. The molecule has 3 nitrogen and oxygen atoms in total. The van der Waals surface area contributed by atoms with Crippen LogP contribution in [0.2, 0.25) is 6.04 Å². The minimum atomic E-state index is -2.80. The molecule has 0 radical (unpaired) electrons. The maximum atomic E-state index is 6.69. The second kappa shape index (κ2) is 13.7. The topological polar surface area (TPSA) is 27.7 Å². The molecular formula is C23H42O3SSi. The van der Waals surface area contributed by atoms with E-state index in [0.29, 0.717) is 25.0 Å². The molecule has 1 rings (SSSR count). The molecule has 0 N–H and O–H groups in total. The van der Waals surface area contributed by atoms with E-state index in [4.69, 9.17) is 13.3 Å². The fraction of sp³-hybridized carbons (Fsp3) is 0.739. The zero-order valence-electron chi connectivity index (χ0n) is 18.9. The van der Waals surface area contributed by atoms with Crippen LogP contribution in [0.3, 0.4) is 0 Å². The van der Waals surface area contributed by atoms with Crippen molar-refractivity contribution >= 4 is 21.4 Å². The molecule has 0 fully saturated rings. The summed E-state index contributed by atoms with van der Waals surface area (Å²) in [6, 6.07) is 7.41. The summed E-state index contributed by atoms with van der Waals surface area (Å²) in [7, 11) is -2.80. The summed E-state index contributed by atoms with van der Waals surface area (Å²) >= 11 is 4.42. The number of rotatable bonds is 15. The number of hydrogen-bond acceptors (Lipinski definition) is 4. The number of hydrogen-bond donors (Lipinski definition) is 1. The Hall–Kier alpha value is -0.493. The minimum Gasteiger partial charge on any atom is -0.500 e. The molecule has 0 atom stereocenters. The van der Waals surface area contributed by atoms with Crippen LogP contribution in [0.5, 0.6) is 5.75 Å². The van der Waals surface area contributed by atoms with E-state index in [-0.39, 0.29) is 0 Å². The monoisotopic (exact) mass is 426 g/mol. The van der Waals surface area contributed by atoms with E-state index in [2.05, 4.69) is 72.4 Å². The van der Waals surface area contributed by atoms with Crippen molar-refractivity contribution in [1.29, 1.82) is 0 Å². The fourth-order valence-corrected chi connectivity index (χ4v) is 6.06. The van der Waals surface area contributed by atoms with Gasteiger partial charge in [-0.25, -0.2) is 0 Å². The smallest absolute Gasteiger partial charge is 0.500 e. The van der Waals surface area contributed by atoms with Crippen molar-refractivity contribution in [2.75, 3.05) is 19.0 Å². The molecule has 0 spiro atoms. The molecule has 0 saturated carbocycles. The molecule has 0 unspecified atom stereocenters. The molecule has 0 amide bonds. The molecule has 0 heterocycles. The van der Waals surface area contributed by atoms with Gasteiger partial charge in [-0.05, 0) is 54.0 Å². The van der Waals surface area contributed by atoms with Gasteiger partial charge in [0.15, 0.2) is 0 Å². The van der Waals surface area contributed by atoms with E-state index >= 15 is 0 Å². The second-order valence-electron chi connectivity index (χ2n) is 8.12. The maximum absolute atomic E-state index is 6.69. The molecule has 1 aromatic carbocycles. The summed E-state index contributed by atoms with van der Waals surface area (Å²) in [4.78, 5) is 0. The molecule has 0 aromatic heterocycles. The molecule has 5 heteroatoms. The average molecular weight is 427 g/mol. The van der Waals surface area contributed by atoms with Gasteiger partial charge in [0.05, 0.1) is 0 Å². The van der Waals surface area contributed by atoms with Gasteiger partial charge in [0, 0.05) is 19.3 Å². The zero-order chi connectivity index (χ0) is 21.0. The molecule has 0 aliphatic carbocycles. The Morgan fingerprint density at radius 2 is 1.50 bits per heavy atom. The first-order chi connectivity index (χ1) is 13.4. The normalized spacial score (nSPS) is 12.2. The van der Waals surface area contributed by atoms with Gasteiger partial charge in [-0.15, -0.1) is 0 Å². The van der Waals surface area contributed by atoms with Crippen LogP contribution < -0.4 is 4.43 Å². The lowest BCUT2D eigenvalue weighted by Crippen LogP contribution is -2.49. The Morgan fingerprint density at radius 1 is 0.893 bits per heavy atom. The number of benzene rings is 1. The van der Waals surface area contributed by atoms with Crippen LogP contribution in [0.15, 0.2) is 18.2 Å². The quantitative estimate of drug-likeness (QED) is 0.182. The molecule has 1 aromatic rings. The van der Waals surface area contributed by atoms with Crippen molar-refractivity contribution in [3.8, 4) is 5.75 Å². The van der Waals surface area contributed by atoms with E-state index in [9.17, 15) is 0 Å². The van der Waals surface area contributed by atoms with Crippen LogP contribution in [0.4, 0.5) is 0 Å². The highest BCUT2D eigenvalue weighted by atomic mass is 32.1. The lowest BCUT2D eigenvalue weighted by Gasteiger charge is -2.31. The van der Waals surface area contributed by atoms with Gasteiger partial charge in [0.25, 0.3) is 0 Å². The average Bonchev–Trinajstić information content (AvgIpc) is 2.66. The number of unbranched alkanes of at least 4 members (excludes halogenated alkanes) is 2. The highest BCUT2D eigenvalue weighted by Crippen LogP contribution is 2.33. The van der Waals surface area contributed by atoms with Crippen molar-refractivity contribution in [1.82, 2.24) is 0 Å². The Balaban J connectivity index is 3.19. The van der Waals surface area contributed by atoms with Crippen LogP contribution >= 0.6 is 12.6 Å². The third kappa shape index (κ3) is 8.48. The van der Waals surface area contributed by atoms with Gasteiger partial charge in [-0.3, -0.25) is 0 Å². The van der Waals surface area contributed by atoms with E-state index in [1.54, 1.807) is 0 Å². The Morgan fingerprint density at radius 3 is 1.96 bits per heavy atom. The summed E-state index contributed by atoms with van der Waals surface area (Å²) in [6.07, 6.45) is 5.20. The van der Waals surface area contributed by atoms with Crippen molar-refractivity contribution in [3.05, 3.63) is 29.3 Å². The Labute approximate surface area is 180 Å². The highest BCUT2D eigenvalue weighted by molar-refractivity contribution is 7.80. The summed E-state index contributed by atoms with van der Waals surface area (Å²) in [5, 5.41) is 0. The van der Waals surface area contributed by atoms with E-state index in [0.717, 1.165) is 49.7 Å². The second-order valence-corrected chi connectivity index (χ2v) is 11.2. The first kappa shape index (κ1) is 25.5. The van der Waals surface area contributed by atoms with Crippen molar-refractivity contribution in [2.45, 2.75) is 91.5 Å². The van der Waals surface area contributed by atoms with Crippen molar-refractivity contribution < 1.29 is 13.3 Å². The van der Waals surface area contributed by atoms with Crippen LogP contribution in [-0.4, -0.2) is 27.8 Å². The molecule has 28 heavy (non-hydrogen) atoms. The van der Waals surface area contributed by atoms with Crippen LogP contribution in [0.1, 0.15) is 96.6 Å². The molecular weight excluding hydrogens is 384 g/mol. The highest BCUT2D eigenvalue weighted by Gasteiger charge is 2.43. The SMILES string of the molecule is CCCCO[Si](CCCS)(OCCCC)Oc1ccc(C(C)C)cc1C(C)C. The first-order valence-electron chi connectivity index (χ1n) is 11.1. The predicted molar refractivity (Wildman–Crippen MR) is 126 cm³/mol. The third-order valence-electron chi connectivity index (χ3n) is 4.87. The van der Waals surface area contributed by atoms with Crippen LogP contribution in [-0.2, 0) is 8.85 Å². The summed E-state index contributed by atoms with van der Waals surface area (Å²) < 4.78 is 19.5. The lowest BCUT2D eigenvalue weighted by atomic mass is 9.95. The molecule has 0 bridgehead atoms. The summed E-state index contributed by atoms with van der Waals surface area (Å²) in [6.45, 7) is 14.7. The minimum absolute atomic E-state index is 0.386. The predicted octanol–water partition coefficient (Wildman–Crippen LogP) is 7.20. The fourth-order valence-electron chi connectivity index (χ4n) is 2.97. The lowest BCUT2D eigenvalue weighted by molar-refractivity contribution is 0.102. The van der Waals surface area contributed by atoms with Crippen LogP contribution in [0, 0.1) is 0 Å². The molecule has 0 aliphatic rings. The molecule has 0 saturated heterocycles. The molecule has 0 aliphatic heterocycles. The van der Waals surface area contributed by atoms with Gasteiger partial charge < -0.3 is 13.3 Å². The number of thiol groups is 1. The van der Waals surface area contributed by atoms with Crippen LogP contribution in [0.25, 0.3) is 0 Å². The Kier molecular flexibility index (Phi) is 12.5. The van der Waals surface area contributed by atoms with Gasteiger partial charge in [-0.2, -0.15) is 12.6 Å².